The van der Waals surface area contributed by atoms with Gasteiger partial charge in [-0.25, -0.2) is 0 Å². The fraction of sp³-hybridized carbons (Fsp3) is 0.632. The quantitative estimate of drug-likeness (QED) is 0.729. The summed E-state index contributed by atoms with van der Waals surface area (Å²) in [6, 6.07) is 2.71. The van der Waals surface area contributed by atoms with Gasteiger partial charge in [-0.05, 0) is 50.0 Å². The molecule has 3 aliphatic carbocycles. The molecule has 2 atom stereocenters. The minimum absolute atomic E-state index is 0.00987. The first-order chi connectivity index (χ1) is 12.3. The van der Waals surface area contributed by atoms with Crippen LogP contribution in [0.2, 0.25) is 10.0 Å². The van der Waals surface area contributed by atoms with Crippen LogP contribution in [0.25, 0.3) is 0 Å². The number of hydrogen-bond acceptors (Lipinski definition) is 4. The Balaban J connectivity index is 1.38. The topological polar surface area (TPSA) is 86.8 Å². The van der Waals surface area contributed by atoms with Crippen molar-refractivity contribution in [2.75, 3.05) is 13.1 Å². The maximum Gasteiger partial charge on any atom is 0.226 e. The fourth-order valence-electron chi connectivity index (χ4n) is 5.02. The molecule has 1 aromatic carbocycles. The molecule has 3 saturated carbocycles. The molecule has 1 aromatic rings. The van der Waals surface area contributed by atoms with Crippen molar-refractivity contribution in [2.45, 2.75) is 43.7 Å². The van der Waals surface area contributed by atoms with Gasteiger partial charge < -0.3 is 20.8 Å². The third-order valence-electron chi connectivity index (χ3n) is 6.56. The largest absolute Gasteiger partial charge is 0.508 e. The molecule has 0 spiro atoms. The number of likely N-dealkylation sites (tertiary alicyclic amines) is 1. The van der Waals surface area contributed by atoms with E-state index in [1.54, 1.807) is 6.07 Å². The van der Waals surface area contributed by atoms with E-state index in [0.29, 0.717) is 41.0 Å². The highest BCUT2D eigenvalue weighted by Gasteiger charge is 2.58. The Bertz CT molecular complexity index is 728. The summed E-state index contributed by atoms with van der Waals surface area (Å²) in [5.41, 5.74) is 6.41. The van der Waals surface area contributed by atoms with Crippen LogP contribution in [0.4, 0.5) is 0 Å². The number of nitrogens with two attached hydrogens (primary N) is 1. The Morgan fingerprint density at radius 1 is 1.19 bits per heavy atom. The van der Waals surface area contributed by atoms with Gasteiger partial charge in [0, 0.05) is 36.7 Å². The van der Waals surface area contributed by atoms with Crippen molar-refractivity contribution >= 4 is 29.1 Å². The van der Waals surface area contributed by atoms with E-state index in [1.165, 1.54) is 6.07 Å². The van der Waals surface area contributed by atoms with E-state index >= 15 is 0 Å². The molecule has 0 radical (unpaired) electrons. The van der Waals surface area contributed by atoms with Crippen LogP contribution in [0.1, 0.15) is 43.7 Å². The molecule has 1 unspecified atom stereocenters. The molecular weight excluding hydrogens is 375 g/mol. The first kappa shape index (κ1) is 18.4. The monoisotopic (exact) mass is 398 g/mol. The number of hydrogen-bond donors (Lipinski definition) is 3. The lowest BCUT2D eigenvalue weighted by Gasteiger charge is -2.37. The second-order valence-electron chi connectivity index (χ2n) is 8.22. The molecule has 0 aromatic heterocycles. The molecule has 5 nitrogen and oxygen atoms in total. The molecule has 1 saturated heterocycles. The number of nitrogens with zero attached hydrogens (tertiary/aromatic N) is 1. The molecule has 142 valence electrons. The average molecular weight is 399 g/mol. The van der Waals surface area contributed by atoms with Gasteiger partial charge in [0.2, 0.25) is 5.91 Å². The number of phenols is 1. The normalized spacial score (nSPS) is 32.4. The molecular formula is C19H24Cl2N2O3. The van der Waals surface area contributed by atoms with Crippen LogP contribution in [0.15, 0.2) is 12.1 Å². The summed E-state index contributed by atoms with van der Waals surface area (Å²) in [5, 5.41) is 21.0. The number of fused-ring (bicyclic) bond motifs is 1. The number of piperidine rings is 1. The molecule has 7 heteroatoms. The summed E-state index contributed by atoms with van der Waals surface area (Å²) in [6.45, 7) is 1.34. The van der Waals surface area contributed by atoms with E-state index in [-0.39, 0.29) is 29.5 Å². The van der Waals surface area contributed by atoms with Crippen molar-refractivity contribution in [3.63, 3.8) is 0 Å². The lowest BCUT2D eigenvalue weighted by molar-refractivity contribution is -0.137. The van der Waals surface area contributed by atoms with Gasteiger partial charge in [0.25, 0.3) is 0 Å². The smallest absolute Gasteiger partial charge is 0.226 e. The summed E-state index contributed by atoms with van der Waals surface area (Å²) in [7, 11) is 0. The van der Waals surface area contributed by atoms with Gasteiger partial charge in [-0.2, -0.15) is 0 Å². The molecule has 1 aliphatic heterocycles. The molecule has 4 aliphatic rings. The minimum atomic E-state index is -0.572. The van der Waals surface area contributed by atoms with Crippen molar-refractivity contribution in [3.05, 3.63) is 27.7 Å². The van der Waals surface area contributed by atoms with Crippen molar-refractivity contribution in [1.29, 1.82) is 0 Å². The second-order valence-corrected chi connectivity index (χ2v) is 9.03. The second kappa shape index (κ2) is 6.55. The van der Waals surface area contributed by atoms with Crippen LogP contribution >= 0.6 is 23.2 Å². The maximum absolute atomic E-state index is 12.8. The van der Waals surface area contributed by atoms with E-state index in [1.807, 2.05) is 4.90 Å². The van der Waals surface area contributed by atoms with Gasteiger partial charge in [0.1, 0.15) is 5.75 Å². The number of phenolic OH excluding ortho intramolecular Hbond substituents is 1. The Hall–Kier alpha value is -1.01. The van der Waals surface area contributed by atoms with Gasteiger partial charge in [-0.3, -0.25) is 4.79 Å². The fourth-order valence-corrected chi connectivity index (χ4v) is 5.35. The summed E-state index contributed by atoms with van der Waals surface area (Å²) in [5.74, 6) is 0.769. The van der Waals surface area contributed by atoms with E-state index < -0.39 is 5.60 Å². The zero-order chi connectivity index (χ0) is 18.6. The van der Waals surface area contributed by atoms with E-state index in [9.17, 15) is 15.0 Å². The zero-order valence-corrected chi connectivity index (χ0v) is 16.0. The van der Waals surface area contributed by atoms with Gasteiger partial charge in [0.05, 0.1) is 15.6 Å². The molecule has 2 bridgehead atoms. The zero-order valence-electron chi connectivity index (χ0n) is 14.5. The number of halogens is 2. The van der Waals surface area contributed by atoms with Crippen LogP contribution in [-0.2, 0) is 4.79 Å². The summed E-state index contributed by atoms with van der Waals surface area (Å²) in [6.07, 6.45) is 3.75. The number of aromatic hydroxyl groups is 1. The molecule has 5 rings (SSSR count). The Labute approximate surface area is 163 Å². The predicted octanol–water partition coefficient (Wildman–Crippen LogP) is 3.10. The van der Waals surface area contributed by atoms with Crippen LogP contribution in [0.3, 0.4) is 0 Å². The third kappa shape index (κ3) is 3.09. The first-order valence-corrected chi connectivity index (χ1v) is 9.98. The Morgan fingerprint density at radius 2 is 1.81 bits per heavy atom. The highest BCUT2D eigenvalue weighted by Crippen LogP contribution is 2.56. The van der Waals surface area contributed by atoms with Crippen LogP contribution < -0.4 is 5.73 Å². The minimum Gasteiger partial charge on any atom is -0.508 e. The van der Waals surface area contributed by atoms with Crippen LogP contribution in [0.5, 0.6) is 5.75 Å². The van der Waals surface area contributed by atoms with E-state index in [0.717, 1.165) is 25.7 Å². The predicted molar refractivity (Wildman–Crippen MR) is 100 cm³/mol. The molecule has 4 fully saturated rings. The van der Waals surface area contributed by atoms with Gasteiger partial charge in [-0.1, -0.05) is 23.2 Å². The number of benzene rings is 1. The number of carbonyl (C=O) groups is 1. The van der Waals surface area contributed by atoms with Crippen molar-refractivity contribution in [2.24, 2.45) is 23.5 Å². The van der Waals surface area contributed by atoms with Gasteiger partial charge in [0.15, 0.2) is 0 Å². The Morgan fingerprint density at radius 3 is 2.38 bits per heavy atom. The number of carbonyl (C=O) groups excluding carboxylic acids is 1. The highest BCUT2D eigenvalue weighted by molar-refractivity contribution is 6.42. The molecule has 26 heavy (non-hydrogen) atoms. The third-order valence-corrected chi connectivity index (χ3v) is 7.28. The molecule has 1 amide bonds. The first-order valence-electron chi connectivity index (χ1n) is 9.22. The average Bonchev–Trinajstić information content (AvgIpc) is 3.10. The lowest BCUT2D eigenvalue weighted by atomic mass is 9.78. The van der Waals surface area contributed by atoms with Gasteiger partial charge in [-0.15, -0.1) is 0 Å². The Kier molecular flexibility index (Phi) is 4.63. The number of amides is 1. The van der Waals surface area contributed by atoms with E-state index in [4.69, 9.17) is 28.9 Å². The van der Waals surface area contributed by atoms with Crippen molar-refractivity contribution in [1.82, 2.24) is 4.90 Å². The summed E-state index contributed by atoms with van der Waals surface area (Å²) in [4.78, 5) is 14.7. The van der Waals surface area contributed by atoms with Crippen LogP contribution in [0, 0.1) is 17.8 Å². The van der Waals surface area contributed by atoms with Gasteiger partial charge >= 0.3 is 0 Å². The number of aliphatic hydroxyl groups is 1. The van der Waals surface area contributed by atoms with Crippen LogP contribution in [-0.4, -0.2) is 39.7 Å². The maximum atomic E-state index is 12.8. The summed E-state index contributed by atoms with van der Waals surface area (Å²) >= 11 is 12.0. The van der Waals surface area contributed by atoms with Crippen molar-refractivity contribution < 1.29 is 15.0 Å². The summed E-state index contributed by atoms with van der Waals surface area (Å²) < 4.78 is 0. The highest BCUT2D eigenvalue weighted by atomic mass is 35.5. The molecule has 1 heterocycles. The standard InChI is InChI=1S/C19H24Cl2N2O3/c20-14-5-12(16(24)6-15(14)21)17(22)10-1-3-23(4-2-10)18(25)13-9-19(26)7-11(13)8-19/h5-6,10-11,13,17,24,26H,1-4,7-9,22H2/t11?,13?,17-,19?/m1/s1. The number of rotatable bonds is 3. The van der Waals surface area contributed by atoms with E-state index in [2.05, 4.69) is 0 Å². The SMILES string of the molecule is N[C@@H](c1cc(Cl)c(Cl)cc1O)C1CCN(C(=O)C2CC3(O)CC2C3)CC1. The lowest BCUT2D eigenvalue weighted by Crippen LogP contribution is -2.44. The molecule has 4 N–H and O–H groups in total. The van der Waals surface area contributed by atoms with Crippen molar-refractivity contribution in [3.8, 4) is 5.75 Å².